The third-order valence-electron chi connectivity index (χ3n) is 2.69. The summed E-state index contributed by atoms with van der Waals surface area (Å²) in [6.45, 7) is 0. The van der Waals surface area contributed by atoms with Gasteiger partial charge in [0.2, 0.25) is 5.91 Å². The molecule has 2 heterocycles. The lowest BCUT2D eigenvalue weighted by molar-refractivity contribution is -0.116. The number of hydrogen-bond donors (Lipinski definition) is 3. The van der Waals surface area contributed by atoms with Crippen LogP contribution in [0.1, 0.15) is 22.5 Å². The number of aromatic nitrogens is 2. The summed E-state index contributed by atoms with van der Waals surface area (Å²) in [5, 5.41) is 6.37. The van der Waals surface area contributed by atoms with E-state index in [1.54, 1.807) is 19.4 Å². The fraction of sp³-hybridized carbons (Fsp3) is 0.231. The van der Waals surface area contributed by atoms with Gasteiger partial charge in [-0.3, -0.25) is 14.6 Å². The lowest BCUT2D eigenvalue weighted by atomic mass is 10.1. The highest BCUT2D eigenvalue weighted by molar-refractivity contribution is 7.20. The molecule has 2 aromatic rings. The summed E-state index contributed by atoms with van der Waals surface area (Å²) in [4.78, 5) is 31.2. The van der Waals surface area contributed by atoms with Crippen LogP contribution in [-0.2, 0) is 11.2 Å². The molecule has 2 aromatic heterocycles. The molecule has 0 aromatic carbocycles. The van der Waals surface area contributed by atoms with E-state index in [2.05, 4.69) is 20.6 Å². The molecule has 0 unspecified atom stereocenters. The Bertz CT molecular complexity index is 641. The zero-order valence-corrected chi connectivity index (χ0v) is 12.2. The van der Waals surface area contributed by atoms with Crippen LogP contribution in [0.4, 0.5) is 10.1 Å². The summed E-state index contributed by atoms with van der Waals surface area (Å²) in [6.07, 6.45) is 4.26. The first-order valence-corrected chi connectivity index (χ1v) is 7.09. The standard InChI is InChI=1S/C13H15N5O2S/c1-15-13-18-10(11(14)20)12(21-13)17-9(19)5-4-8-3-2-6-16-7-8/h2-3,6-7H,4-5H2,1H3,(H2,14,20)(H,15,18)(H,17,19). The van der Waals surface area contributed by atoms with Crippen LogP contribution in [0.15, 0.2) is 24.5 Å². The van der Waals surface area contributed by atoms with E-state index in [9.17, 15) is 9.59 Å². The molecule has 0 radical (unpaired) electrons. The number of amides is 2. The Kier molecular flexibility index (Phi) is 4.83. The third-order valence-corrected chi connectivity index (χ3v) is 3.68. The second-order valence-corrected chi connectivity index (χ2v) is 5.22. The first-order chi connectivity index (χ1) is 10.1. The van der Waals surface area contributed by atoms with Crippen LogP contribution in [0.3, 0.4) is 0 Å². The quantitative estimate of drug-likeness (QED) is 0.744. The average molecular weight is 305 g/mol. The minimum Gasteiger partial charge on any atom is -0.365 e. The molecule has 8 heteroatoms. The van der Waals surface area contributed by atoms with E-state index in [1.165, 1.54) is 11.3 Å². The van der Waals surface area contributed by atoms with Crippen LogP contribution < -0.4 is 16.4 Å². The second-order valence-electron chi connectivity index (χ2n) is 4.22. The lowest BCUT2D eigenvalue weighted by Gasteiger charge is -2.03. The number of nitrogens with one attached hydrogen (secondary N) is 2. The van der Waals surface area contributed by atoms with Crippen molar-refractivity contribution in [3.8, 4) is 0 Å². The maximum absolute atomic E-state index is 11.9. The number of hydrogen-bond acceptors (Lipinski definition) is 6. The Labute approximate surface area is 125 Å². The Morgan fingerprint density at radius 3 is 2.86 bits per heavy atom. The first kappa shape index (κ1) is 14.9. The lowest BCUT2D eigenvalue weighted by Crippen LogP contribution is -2.17. The van der Waals surface area contributed by atoms with Gasteiger partial charge < -0.3 is 16.4 Å². The first-order valence-electron chi connectivity index (χ1n) is 6.27. The summed E-state index contributed by atoms with van der Waals surface area (Å²) in [5.74, 6) is -0.872. The number of aryl methyl sites for hydroxylation is 1. The Hall–Kier alpha value is -2.48. The number of rotatable bonds is 6. The van der Waals surface area contributed by atoms with Crippen molar-refractivity contribution in [1.82, 2.24) is 9.97 Å². The van der Waals surface area contributed by atoms with Crippen molar-refractivity contribution >= 4 is 33.3 Å². The Morgan fingerprint density at radius 2 is 2.24 bits per heavy atom. The van der Waals surface area contributed by atoms with Gasteiger partial charge in [0.1, 0.15) is 5.00 Å². The smallest absolute Gasteiger partial charge is 0.270 e. The van der Waals surface area contributed by atoms with Crippen LogP contribution >= 0.6 is 11.3 Å². The highest BCUT2D eigenvalue weighted by Gasteiger charge is 2.17. The van der Waals surface area contributed by atoms with Crippen LogP contribution in [0.25, 0.3) is 0 Å². The Balaban J connectivity index is 1.99. The van der Waals surface area contributed by atoms with E-state index < -0.39 is 5.91 Å². The van der Waals surface area contributed by atoms with Crippen LogP contribution in [0, 0.1) is 0 Å². The Morgan fingerprint density at radius 1 is 1.43 bits per heavy atom. The molecule has 0 aliphatic carbocycles. The zero-order valence-electron chi connectivity index (χ0n) is 11.4. The molecule has 7 nitrogen and oxygen atoms in total. The summed E-state index contributed by atoms with van der Waals surface area (Å²) in [6, 6.07) is 3.72. The molecular formula is C13H15N5O2S. The van der Waals surface area contributed by atoms with Crippen molar-refractivity contribution in [2.75, 3.05) is 17.7 Å². The van der Waals surface area contributed by atoms with E-state index in [0.717, 1.165) is 5.56 Å². The maximum Gasteiger partial charge on any atom is 0.270 e. The number of primary amides is 1. The van der Waals surface area contributed by atoms with Crippen molar-refractivity contribution in [3.05, 3.63) is 35.8 Å². The van der Waals surface area contributed by atoms with E-state index in [0.29, 0.717) is 16.6 Å². The average Bonchev–Trinajstić information content (AvgIpc) is 2.89. The van der Waals surface area contributed by atoms with Gasteiger partial charge >= 0.3 is 0 Å². The molecule has 2 rings (SSSR count). The van der Waals surface area contributed by atoms with Gasteiger partial charge in [0.25, 0.3) is 5.91 Å². The fourth-order valence-corrected chi connectivity index (χ4v) is 2.51. The van der Waals surface area contributed by atoms with E-state index in [1.807, 2.05) is 12.1 Å². The van der Waals surface area contributed by atoms with E-state index in [4.69, 9.17) is 5.73 Å². The van der Waals surface area contributed by atoms with Crippen LogP contribution in [-0.4, -0.2) is 28.8 Å². The summed E-state index contributed by atoms with van der Waals surface area (Å²) in [7, 11) is 1.68. The molecular weight excluding hydrogens is 290 g/mol. The van der Waals surface area contributed by atoms with Gasteiger partial charge in [-0.1, -0.05) is 17.4 Å². The van der Waals surface area contributed by atoms with Gasteiger partial charge in [-0.25, -0.2) is 4.98 Å². The predicted octanol–water partition coefficient (Wildman–Crippen LogP) is 1.25. The SMILES string of the molecule is CNc1nc(C(N)=O)c(NC(=O)CCc2cccnc2)s1. The monoisotopic (exact) mass is 305 g/mol. The second kappa shape index (κ2) is 6.80. The molecule has 0 saturated heterocycles. The fourth-order valence-electron chi connectivity index (χ4n) is 1.67. The number of nitrogens with zero attached hydrogens (tertiary/aromatic N) is 2. The van der Waals surface area contributed by atoms with E-state index >= 15 is 0 Å². The van der Waals surface area contributed by atoms with Crippen molar-refractivity contribution in [2.45, 2.75) is 12.8 Å². The maximum atomic E-state index is 11.9. The molecule has 2 amide bonds. The van der Waals surface area contributed by atoms with Gasteiger partial charge in [-0.2, -0.15) is 0 Å². The minimum atomic E-state index is -0.671. The summed E-state index contributed by atoms with van der Waals surface area (Å²) in [5.41, 5.74) is 6.28. The number of pyridine rings is 1. The minimum absolute atomic E-state index is 0.0686. The van der Waals surface area contributed by atoms with Gasteiger partial charge in [0.15, 0.2) is 10.8 Å². The van der Waals surface area contributed by atoms with Gasteiger partial charge in [-0.05, 0) is 18.1 Å². The number of thiazole rings is 1. The van der Waals surface area contributed by atoms with Crippen LogP contribution in [0.5, 0.6) is 0 Å². The molecule has 4 N–H and O–H groups in total. The highest BCUT2D eigenvalue weighted by Crippen LogP contribution is 2.28. The third kappa shape index (κ3) is 3.99. The molecule has 0 saturated carbocycles. The molecule has 0 atom stereocenters. The molecule has 0 bridgehead atoms. The number of carbonyl (C=O) groups excluding carboxylic acids is 2. The van der Waals surface area contributed by atoms with E-state index in [-0.39, 0.29) is 18.0 Å². The number of carbonyl (C=O) groups is 2. The van der Waals surface area contributed by atoms with Crippen molar-refractivity contribution in [1.29, 1.82) is 0 Å². The molecule has 0 spiro atoms. The van der Waals surface area contributed by atoms with Crippen molar-refractivity contribution in [2.24, 2.45) is 5.73 Å². The number of anilines is 2. The zero-order chi connectivity index (χ0) is 15.2. The predicted molar refractivity (Wildman–Crippen MR) is 81.4 cm³/mol. The topological polar surface area (TPSA) is 110 Å². The van der Waals surface area contributed by atoms with Gasteiger partial charge in [0.05, 0.1) is 0 Å². The van der Waals surface area contributed by atoms with Crippen LogP contribution in [0.2, 0.25) is 0 Å². The largest absolute Gasteiger partial charge is 0.365 e. The highest BCUT2D eigenvalue weighted by atomic mass is 32.1. The molecule has 110 valence electrons. The molecule has 0 aliphatic rings. The van der Waals surface area contributed by atoms with Crippen molar-refractivity contribution < 1.29 is 9.59 Å². The summed E-state index contributed by atoms with van der Waals surface area (Å²) < 4.78 is 0. The normalized spacial score (nSPS) is 10.1. The van der Waals surface area contributed by atoms with Gasteiger partial charge in [0, 0.05) is 25.9 Å². The van der Waals surface area contributed by atoms with Crippen molar-refractivity contribution in [3.63, 3.8) is 0 Å². The summed E-state index contributed by atoms with van der Waals surface area (Å²) >= 11 is 1.17. The molecule has 21 heavy (non-hydrogen) atoms. The number of nitrogens with two attached hydrogens (primary N) is 1. The molecule has 0 aliphatic heterocycles. The van der Waals surface area contributed by atoms with Gasteiger partial charge in [-0.15, -0.1) is 0 Å². The molecule has 0 fully saturated rings.